The second kappa shape index (κ2) is 4.19. The molecule has 0 aliphatic rings. The highest BCUT2D eigenvalue weighted by atomic mass is 16.1. The number of hydrogen-bond acceptors (Lipinski definition) is 4. The highest BCUT2D eigenvalue weighted by Crippen LogP contribution is 2.06. The van der Waals surface area contributed by atoms with Gasteiger partial charge in [0.15, 0.2) is 0 Å². The first-order chi connectivity index (χ1) is 7.70. The number of anilines is 1. The molecule has 0 bridgehead atoms. The van der Waals surface area contributed by atoms with Crippen LogP contribution >= 0.6 is 0 Å². The van der Waals surface area contributed by atoms with Gasteiger partial charge in [0.05, 0.1) is 17.9 Å². The standard InChI is InChI=1S/C10H13N5O/c1-14-4-5-15(10(14)16)7-9-6-8(13-11)2-3-12-9/h2-6H,7,11H2,1H3,(H,12,13). The number of aromatic nitrogens is 3. The average molecular weight is 219 g/mol. The van der Waals surface area contributed by atoms with Crippen molar-refractivity contribution in [3.8, 4) is 0 Å². The summed E-state index contributed by atoms with van der Waals surface area (Å²) in [6.45, 7) is 0.440. The maximum absolute atomic E-state index is 11.6. The molecule has 0 aliphatic heterocycles. The number of rotatable bonds is 3. The molecule has 2 aromatic heterocycles. The molecular weight excluding hydrogens is 206 g/mol. The van der Waals surface area contributed by atoms with E-state index in [0.29, 0.717) is 6.54 Å². The van der Waals surface area contributed by atoms with Gasteiger partial charge in [-0.25, -0.2) is 4.79 Å². The van der Waals surface area contributed by atoms with Crippen molar-refractivity contribution in [3.63, 3.8) is 0 Å². The van der Waals surface area contributed by atoms with Crippen LogP contribution in [0.4, 0.5) is 5.69 Å². The van der Waals surface area contributed by atoms with Crippen molar-refractivity contribution in [2.45, 2.75) is 6.54 Å². The Labute approximate surface area is 92.3 Å². The second-order valence-corrected chi connectivity index (χ2v) is 3.50. The lowest BCUT2D eigenvalue weighted by molar-refractivity contribution is 0.705. The Morgan fingerprint density at radius 2 is 2.31 bits per heavy atom. The van der Waals surface area contributed by atoms with Gasteiger partial charge in [-0.3, -0.25) is 15.4 Å². The Bertz CT molecular complexity index is 542. The quantitative estimate of drug-likeness (QED) is 0.559. The minimum absolute atomic E-state index is 0.0621. The Balaban J connectivity index is 2.27. The molecule has 2 heterocycles. The summed E-state index contributed by atoms with van der Waals surface area (Å²) >= 11 is 0. The average Bonchev–Trinajstić information content (AvgIpc) is 2.61. The number of nitrogens with zero attached hydrogens (tertiary/aromatic N) is 3. The van der Waals surface area contributed by atoms with Crippen molar-refractivity contribution in [2.24, 2.45) is 12.9 Å². The number of hydrogen-bond donors (Lipinski definition) is 2. The molecule has 0 radical (unpaired) electrons. The van der Waals surface area contributed by atoms with E-state index in [1.54, 1.807) is 42.3 Å². The third kappa shape index (κ3) is 1.96. The molecule has 16 heavy (non-hydrogen) atoms. The van der Waals surface area contributed by atoms with Gasteiger partial charge < -0.3 is 9.99 Å². The molecule has 0 unspecified atom stereocenters. The van der Waals surface area contributed by atoms with Crippen LogP contribution < -0.4 is 17.0 Å². The maximum atomic E-state index is 11.6. The molecule has 0 amide bonds. The molecule has 0 aromatic carbocycles. The van der Waals surface area contributed by atoms with Gasteiger partial charge in [-0.05, 0) is 12.1 Å². The first kappa shape index (κ1) is 10.4. The third-order valence-corrected chi connectivity index (χ3v) is 2.33. The van der Waals surface area contributed by atoms with Gasteiger partial charge in [0, 0.05) is 25.6 Å². The molecule has 2 aromatic rings. The zero-order chi connectivity index (χ0) is 11.5. The van der Waals surface area contributed by atoms with Crippen molar-refractivity contribution in [1.29, 1.82) is 0 Å². The van der Waals surface area contributed by atoms with Crippen LogP contribution in [0.25, 0.3) is 0 Å². The van der Waals surface area contributed by atoms with Crippen LogP contribution in [-0.2, 0) is 13.6 Å². The summed E-state index contributed by atoms with van der Waals surface area (Å²) in [5.74, 6) is 5.30. The zero-order valence-electron chi connectivity index (χ0n) is 8.92. The van der Waals surface area contributed by atoms with Gasteiger partial charge in [0.2, 0.25) is 0 Å². The zero-order valence-corrected chi connectivity index (χ0v) is 8.92. The molecule has 3 N–H and O–H groups in total. The smallest absolute Gasteiger partial charge is 0.324 e. The lowest BCUT2D eigenvalue weighted by atomic mass is 10.3. The Morgan fingerprint density at radius 1 is 1.50 bits per heavy atom. The molecule has 0 saturated heterocycles. The van der Waals surface area contributed by atoms with E-state index >= 15 is 0 Å². The van der Waals surface area contributed by atoms with Crippen molar-refractivity contribution < 1.29 is 0 Å². The number of hydrazine groups is 1. The summed E-state index contributed by atoms with van der Waals surface area (Å²) in [7, 11) is 1.71. The molecule has 0 saturated carbocycles. The summed E-state index contributed by atoms with van der Waals surface area (Å²) in [5, 5.41) is 0. The highest BCUT2D eigenvalue weighted by molar-refractivity contribution is 5.41. The van der Waals surface area contributed by atoms with Crippen LogP contribution in [0.2, 0.25) is 0 Å². The number of aryl methyl sites for hydroxylation is 1. The van der Waals surface area contributed by atoms with Gasteiger partial charge in [0.1, 0.15) is 0 Å². The monoisotopic (exact) mass is 219 g/mol. The number of nitrogens with two attached hydrogens (primary N) is 1. The number of nitrogens with one attached hydrogen (secondary N) is 1. The minimum atomic E-state index is -0.0621. The van der Waals surface area contributed by atoms with Crippen molar-refractivity contribution >= 4 is 5.69 Å². The van der Waals surface area contributed by atoms with Gasteiger partial charge >= 0.3 is 5.69 Å². The fraction of sp³-hybridized carbons (Fsp3) is 0.200. The number of nitrogen functional groups attached to an aromatic ring is 1. The van der Waals surface area contributed by atoms with E-state index in [0.717, 1.165) is 11.4 Å². The number of imidazole rings is 1. The number of pyridine rings is 1. The summed E-state index contributed by atoms with van der Waals surface area (Å²) in [6, 6.07) is 3.57. The third-order valence-electron chi connectivity index (χ3n) is 2.33. The van der Waals surface area contributed by atoms with Gasteiger partial charge in [-0.2, -0.15) is 0 Å². The molecule has 6 nitrogen and oxygen atoms in total. The Hall–Kier alpha value is -2.08. The van der Waals surface area contributed by atoms with Crippen molar-refractivity contribution in [1.82, 2.24) is 14.1 Å². The van der Waals surface area contributed by atoms with E-state index in [1.807, 2.05) is 0 Å². The molecule has 2 rings (SSSR count). The molecule has 0 atom stereocenters. The van der Waals surface area contributed by atoms with E-state index in [2.05, 4.69) is 10.4 Å². The Morgan fingerprint density at radius 3 is 2.94 bits per heavy atom. The second-order valence-electron chi connectivity index (χ2n) is 3.50. The van der Waals surface area contributed by atoms with Gasteiger partial charge in [-0.15, -0.1) is 0 Å². The summed E-state index contributed by atoms with van der Waals surface area (Å²) in [6.07, 6.45) is 5.10. The largest absolute Gasteiger partial charge is 0.328 e. The SMILES string of the molecule is Cn1ccn(Cc2cc(NN)ccn2)c1=O. The van der Waals surface area contributed by atoms with Crippen LogP contribution in [0, 0.1) is 0 Å². The predicted octanol–water partition coefficient (Wildman–Crippen LogP) is -0.0843. The van der Waals surface area contributed by atoms with E-state index < -0.39 is 0 Å². The van der Waals surface area contributed by atoms with E-state index in [4.69, 9.17) is 5.84 Å². The Kier molecular flexibility index (Phi) is 2.74. The fourth-order valence-electron chi connectivity index (χ4n) is 1.46. The topological polar surface area (TPSA) is 77.9 Å². The highest BCUT2D eigenvalue weighted by Gasteiger charge is 2.02. The molecule has 0 spiro atoms. The van der Waals surface area contributed by atoms with Crippen LogP contribution in [0.1, 0.15) is 5.69 Å². The molecule has 0 aliphatic carbocycles. The van der Waals surface area contributed by atoms with Gasteiger partial charge in [0.25, 0.3) is 0 Å². The van der Waals surface area contributed by atoms with Crippen molar-refractivity contribution in [3.05, 3.63) is 46.9 Å². The summed E-state index contributed by atoms with van der Waals surface area (Å²) in [5.41, 5.74) is 4.03. The first-order valence-electron chi connectivity index (χ1n) is 4.84. The van der Waals surface area contributed by atoms with Crippen LogP contribution in [-0.4, -0.2) is 14.1 Å². The first-order valence-corrected chi connectivity index (χ1v) is 4.84. The van der Waals surface area contributed by atoms with Crippen molar-refractivity contribution in [2.75, 3.05) is 5.43 Å². The van der Waals surface area contributed by atoms with Crippen LogP contribution in [0.3, 0.4) is 0 Å². The summed E-state index contributed by atoms with van der Waals surface area (Å²) < 4.78 is 3.10. The normalized spacial score (nSPS) is 10.4. The van der Waals surface area contributed by atoms with E-state index in [1.165, 1.54) is 4.57 Å². The maximum Gasteiger partial charge on any atom is 0.328 e. The molecule has 6 heteroatoms. The fourth-order valence-corrected chi connectivity index (χ4v) is 1.46. The lowest BCUT2D eigenvalue weighted by Crippen LogP contribution is -2.22. The van der Waals surface area contributed by atoms with E-state index in [9.17, 15) is 4.79 Å². The molecular formula is C10H13N5O. The van der Waals surface area contributed by atoms with Gasteiger partial charge in [-0.1, -0.05) is 0 Å². The summed E-state index contributed by atoms with van der Waals surface area (Å²) in [4.78, 5) is 15.8. The molecule has 0 fully saturated rings. The predicted molar refractivity (Wildman–Crippen MR) is 60.8 cm³/mol. The van der Waals surface area contributed by atoms with E-state index in [-0.39, 0.29) is 5.69 Å². The molecule has 84 valence electrons. The lowest BCUT2D eigenvalue weighted by Gasteiger charge is -2.03. The van der Waals surface area contributed by atoms with Crippen LogP contribution in [0.15, 0.2) is 35.5 Å². The minimum Gasteiger partial charge on any atom is -0.324 e. The van der Waals surface area contributed by atoms with Crippen LogP contribution in [0.5, 0.6) is 0 Å².